The summed E-state index contributed by atoms with van der Waals surface area (Å²) in [6, 6.07) is 16.1. The van der Waals surface area contributed by atoms with Gasteiger partial charge in [-0.15, -0.1) is 0 Å². The number of carbonyl (C=O) groups excluding carboxylic acids is 3. The quantitative estimate of drug-likeness (QED) is 0.798. The molecule has 0 aliphatic carbocycles. The van der Waals surface area contributed by atoms with E-state index in [-0.39, 0.29) is 24.3 Å². The van der Waals surface area contributed by atoms with E-state index in [0.717, 1.165) is 18.5 Å². The van der Waals surface area contributed by atoms with Crippen LogP contribution < -0.4 is 10.1 Å². The highest BCUT2D eigenvalue weighted by molar-refractivity contribution is 5.93. The summed E-state index contributed by atoms with van der Waals surface area (Å²) in [7, 11) is 0. The van der Waals surface area contributed by atoms with E-state index in [4.69, 9.17) is 4.74 Å². The Kier molecular flexibility index (Phi) is 6.20. The number of amides is 2. The Balaban J connectivity index is 1.54. The summed E-state index contributed by atoms with van der Waals surface area (Å²) >= 11 is 0. The molecule has 1 N–H and O–H groups in total. The normalized spacial score (nSPS) is 16.4. The first-order valence-electron chi connectivity index (χ1n) is 8.98. The number of hydrogen-bond donors (Lipinski definition) is 1. The van der Waals surface area contributed by atoms with Gasteiger partial charge in [-0.25, -0.2) is 0 Å². The summed E-state index contributed by atoms with van der Waals surface area (Å²) in [4.78, 5) is 37.6. The fraction of sp³-hybridized carbons (Fsp3) is 0.286. The number of piperidine rings is 1. The largest absolute Gasteiger partial charge is 0.483 e. The molecule has 0 radical (unpaired) electrons. The molecule has 1 aliphatic rings. The van der Waals surface area contributed by atoms with Crippen LogP contribution in [0.3, 0.4) is 0 Å². The zero-order chi connectivity index (χ0) is 19.1. The van der Waals surface area contributed by atoms with Crippen LogP contribution in [-0.4, -0.2) is 42.7 Å². The topological polar surface area (TPSA) is 75.7 Å². The summed E-state index contributed by atoms with van der Waals surface area (Å²) in [6.45, 7) is 0.820. The van der Waals surface area contributed by atoms with E-state index in [0.29, 0.717) is 30.7 Å². The lowest BCUT2D eigenvalue weighted by Gasteiger charge is -2.32. The van der Waals surface area contributed by atoms with Crippen molar-refractivity contribution >= 4 is 23.8 Å². The third-order valence-electron chi connectivity index (χ3n) is 4.58. The number of rotatable bonds is 6. The number of aldehydes is 1. The Morgan fingerprint density at radius 1 is 1.11 bits per heavy atom. The van der Waals surface area contributed by atoms with Gasteiger partial charge in [-0.2, -0.15) is 0 Å². The monoisotopic (exact) mass is 366 g/mol. The first kappa shape index (κ1) is 18.6. The SMILES string of the molecule is O=Cc1ccccc1OCC(=O)N1CCCC(C(=O)Nc2ccccc2)C1. The van der Waals surface area contributed by atoms with Crippen LogP contribution in [0.4, 0.5) is 5.69 Å². The third kappa shape index (κ3) is 4.94. The van der Waals surface area contributed by atoms with E-state index in [1.807, 2.05) is 30.3 Å². The van der Waals surface area contributed by atoms with Gasteiger partial charge in [0.25, 0.3) is 5.91 Å². The first-order valence-corrected chi connectivity index (χ1v) is 8.98. The van der Waals surface area contributed by atoms with Crippen LogP contribution in [0.1, 0.15) is 23.2 Å². The summed E-state index contributed by atoms with van der Waals surface area (Å²) in [6.07, 6.45) is 2.21. The van der Waals surface area contributed by atoms with Gasteiger partial charge in [0, 0.05) is 18.8 Å². The second-order valence-corrected chi connectivity index (χ2v) is 6.48. The number of hydrogen-bond acceptors (Lipinski definition) is 4. The molecule has 1 saturated heterocycles. The lowest BCUT2D eigenvalue weighted by molar-refractivity contribution is -0.136. The Hall–Kier alpha value is -3.15. The van der Waals surface area contributed by atoms with Gasteiger partial charge in [0.05, 0.1) is 11.5 Å². The molecule has 2 amide bonds. The minimum absolute atomic E-state index is 0.0779. The van der Waals surface area contributed by atoms with Crippen molar-refractivity contribution in [2.75, 3.05) is 25.0 Å². The highest BCUT2D eigenvalue weighted by Crippen LogP contribution is 2.20. The number of benzene rings is 2. The molecule has 3 rings (SSSR count). The third-order valence-corrected chi connectivity index (χ3v) is 4.58. The molecule has 0 saturated carbocycles. The maximum Gasteiger partial charge on any atom is 0.260 e. The Bertz CT molecular complexity index is 807. The molecule has 27 heavy (non-hydrogen) atoms. The second kappa shape index (κ2) is 8.98. The maximum absolute atomic E-state index is 12.5. The van der Waals surface area contributed by atoms with Gasteiger partial charge in [-0.3, -0.25) is 14.4 Å². The van der Waals surface area contributed by atoms with Crippen molar-refractivity contribution in [2.45, 2.75) is 12.8 Å². The molecule has 6 heteroatoms. The highest BCUT2D eigenvalue weighted by Gasteiger charge is 2.28. The number of nitrogens with zero attached hydrogens (tertiary/aromatic N) is 1. The number of likely N-dealkylation sites (tertiary alicyclic amines) is 1. The van der Waals surface area contributed by atoms with Crippen LogP contribution in [0.15, 0.2) is 54.6 Å². The van der Waals surface area contributed by atoms with Gasteiger partial charge in [0.15, 0.2) is 12.9 Å². The average Bonchev–Trinajstić information content (AvgIpc) is 2.73. The second-order valence-electron chi connectivity index (χ2n) is 6.48. The van der Waals surface area contributed by atoms with E-state index >= 15 is 0 Å². The molecule has 0 spiro atoms. The molecular weight excluding hydrogens is 344 g/mol. The van der Waals surface area contributed by atoms with E-state index < -0.39 is 0 Å². The van der Waals surface area contributed by atoms with Crippen LogP contribution in [0.2, 0.25) is 0 Å². The van der Waals surface area contributed by atoms with Crippen LogP contribution >= 0.6 is 0 Å². The molecule has 1 atom stereocenters. The summed E-state index contributed by atoms with van der Waals surface area (Å²) in [5.41, 5.74) is 1.16. The smallest absolute Gasteiger partial charge is 0.260 e. The zero-order valence-electron chi connectivity index (χ0n) is 15.0. The van der Waals surface area contributed by atoms with Crippen molar-refractivity contribution in [1.82, 2.24) is 4.90 Å². The van der Waals surface area contributed by atoms with Gasteiger partial charge in [-0.05, 0) is 37.1 Å². The molecule has 6 nitrogen and oxygen atoms in total. The first-order chi connectivity index (χ1) is 13.2. The van der Waals surface area contributed by atoms with E-state index in [1.54, 1.807) is 29.2 Å². The van der Waals surface area contributed by atoms with Gasteiger partial charge in [-0.1, -0.05) is 30.3 Å². The average molecular weight is 366 g/mol. The predicted molar refractivity (Wildman–Crippen MR) is 102 cm³/mol. The molecule has 140 valence electrons. The molecule has 2 aromatic carbocycles. The summed E-state index contributed by atoms with van der Waals surface area (Å²) in [5, 5.41) is 2.90. The van der Waals surface area contributed by atoms with E-state index in [2.05, 4.69) is 5.32 Å². The van der Waals surface area contributed by atoms with Crippen molar-refractivity contribution in [2.24, 2.45) is 5.92 Å². The fourth-order valence-electron chi connectivity index (χ4n) is 3.12. The molecule has 1 unspecified atom stereocenters. The van der Waals surface area contributed by atoms with Crippen molar-refractivity contribution < 1.29 is 19.1 Å². The number of para-hydroxylation sites is 2. The van der Waals surface area contributed by atoms with E-state index in [9.17, 15) is 14.4 Å². The van der Waals surface area contributed by atoms with Gasteiger partial charge < -0.3 is 15.0 Å². The van der Waals surface area contributed by atoms with Gasteiger partial charge in [0.2, 0.25) is 5.91 Å². The lowest BCUT2D eigenvalue weighted by Crippen LogP contribution is -2.45. The van der Waals surface area contributed by atoms with Crippen molar-refractivity contribution in [3.05, 3.63) is 60.2 Å². The zero-order valence-corrected chi connectivity index (χ0v) is 15.0. The molecular formula is C21H22N2O4. The van der Waals surface area contributed by atoms with E-state index in [1.165, 1.54) is 0 Å². The Morgan fingerprint density at radius 3 is 2.63 bits per heavy atom. The maximum atomic E-state index is 12.5. The number of anilines is 1. The predicted octanol–water partition coefficient (Wildman–Crippen LogP) is 2.76. The van der Waals surface area contributed by atoms with Gasteiger partial charge >= 0.3 is 0 Å². The minimum atomic E-state index is -0.245. The lowest BCUT2D eigenvalue weighted by atomic mass is 9.97. The Labute approximate surface area is 158 Å². The van der Waals surface area contributed by atoms with Crippen molar-refractivity contribution in [1.29, 1.82) is 0 Å². The molecule has 0 bridgehead atoms. The molecule has 2 aromatic rings. The van der Waals surface area contributed by atoms with Crippen molar-refractivity contribution in [3.8, 4) is 5.75 Å². The number of nitrogens with one attached hydrogen (secondary N) is 1. The number of carbonyl (C=O) groups is 3. The molecule has 0 aromatic heterocycles. The molecule has 1 heterocycles. The van der Waals surface area contributed by atoms with Crippen LogP contribution in [0.5, 0.6) is 5.75 Å². The highest BCUT2D eigenvalue weighted by atomic mass is 16.5. The molecule has 1 aliphatic heterocycles. The van der Waals surface area contributed by atoms with Crippen LogP contribution in [0.25, 0.3) is 0 Å². The van der Waals surface area contributed by atoms with Crippen molar-refractivity contribution in [3.63, 3.8) is 0 Å². The van der Waals surface area contributed by atoms with Gasteiger partial charge in [0.1, 0.15) is 5.75 Å². The van der Waals surface area contributed by atoms with Crippen LogP contribution in [-0.2, 0) is 9.59 Å². The molecule has 1 fully saturated rings. The summed E-state index contributed by atoms with van der Waals surface area (Å²) in [5.74, 6) is -0.125. The number of ether oxygens (including phenoxy) is 1. The van der Waals surface area contributed by atoms with Crippen LogP contribution in [0, 0.1) is 5.92 Å². The fourth-order valence-corrected chi connectivity index (χ4v) is 3.12. The summed E-state index contributed by atoms with van der Waals surface area (Å²) < 4.78 is 5.51. The standard InChI is InChI=1S/C21H22N2O4/c24-14-17-7-4-5-11-19(17)27-15-20(25)23-12-6-8-16(13-23)21(26)22-18-9-2-1-3-10-18/h1-5,7,9-11,14,16H,6,8,12-13,15H2,(H,22,26). The Morgan fingerprint density at radius 2 is 1.85 bits per heavy atom. The minimum Gasteiger partial charge on any atom is -0.483 e.